The SMILES string of the molecule is CCCCCCCCCCCCCCCCCCCCCCCC(=O)N[C@@H](COP(=O)(O)O)[C@H](O)CCCCCCCCCCC. The number of hydrogen-bond donors (Lipinski definition) is 4. The van der Waals surface area contributed by atoms with Crippen LogP contribution in [0.3, 0.4) is 0 Å². The first kappa shape index (κ1) is 45.5. The summed E-state index contributed by atoms with van der Waals surface area (Å²) in [5, 5.41) is 13.4. The lowest BCUT2D eigenvalue weighted by Gasteiger charge is -2.24. The van der Waals surface area contributed by atoms with E-state index in [1.807, 2.05) is 0 Å². The Kier molecular flexibility index (Phi) is 34.1. The Balaban J connectivity index is 3.78. The Hall–Kier alpha value is -0.460. The van der Waals surface area contributed by atoms with Crippen LogP contribution in [0.15, 0.2) is 0 Å². The topological polar surface area (TPSA) is 116 Å². The molecule has 0 radical (unpaired) electrons. The minimum absolute atomic E-state index is 0.191. The van der Waals surface area contributed by atoms with E-state index in [9.17, 15) is 14.5 Å². The molecule has 0 aliphatic carbocycles. The lowest BCUT2D eigenvalue weighted by atomic mass is 10.0. The third-order valence-corrected chi connectivity index (χ3v) is 9.83. The summed E-state index contributed by atoms with van der Waals surface area (Å²) in [6.07, 6.45) is 38.2. The van der Waals surface area contributed by atoms with Crippen LogP contribution in [0.2, 0.25) is 0 Å². The molecule has 0 heterocycles. The van der Waals surface area contributed by atoms with Gasteiger partial charge in [0, 0.05) is 6.42 Å². The molecule has 0 aromatic rings. The van der Waals surface area contributed by atoms with Crippen molar-refractivity contribution in [3.05, 3.63) is 0 Å². The van der Waals surface area contributed by atoms with E-state index < -0.39 is 26.6 Å². The van der Waals surface area contributed by atoms with Crippen LogP contribution < -0.4 is 5.32 Å². The molecule has 7 nitrogen and oxygen atoms in total. The molecule has 276 valence electrons. The molecule has 0 aliphatic heterocycles. The molecule has 0 aromatic carbocycles. The number of aliphatic hydroxyl groups excluding tert-OH is 1. The van der Waals surface area contributed by atoms with E-state index in [1.54, 1.807) is 0 Å². The molecule has 0 unspecified atom stereocenters. The number of amides is 1. The van der Waals surface area contributed by atoms with Crippen LogP contribution in [0.5, 0.6) is 0 Å². The van der Waals surface area contributed by atoms with Gasteiger partial charge in [-0.2, -0.15) is 0 Å². The van der Waals surface area contributed by atoms with E-state index in [2.05, 4.69) is 23.7 Å². The molecule has 2 atom stereocenters. The molecule has 8 heteroatoms. The predicted octanol–water partition coefficient (Wildman–Crippen LogP) is 11.5. The van der Waals surface area contributed by atoms with E-state index in [0.717, 1.165) is 38.5 Å². The number of phosphoric acid groups is 1. The summed E-state index contributed by atoms with van der Waals surface area (Å²) in [5.41, 5.74) is 0. The van der Waals surface area contributed by atoms with E-state index in [0.29, 0.717) is 12.8 Å². The molecule has 0 rings (SSSR count). The van der Waals surface area contributed by atoms with Crippen molar-refractivity contribution in [2.24, 2.45) is 0 Å². The van der Waals surface area contributed by atoms with Gasteiger partial charge in [0.15, 0.2) is 0 Å². The Morgan fingerprint density at radius 1 is 0.543 bits per heavy atom. The van der Waals surface area contributed by atoms with Crippen LogP contribution in [0.4, 0.5) is 0 Å². The van der Waals surface area contributed by atoms with Gasteiger partial charge in [0.2, 0.25) is 5.91 Å². The minimum atomic E-state index is -4.68. The third kappa shape index (κ3) is 34.9. The van der Waals surface area contributed by atoms with Crippen LogP contribution in [0.1, 0.15) is 219 Å². The van der Waals surface area contributed by atoms with Gasteiger partial charge in [0.25, 0.3) is 0 Å². The van der Waals surface area contributed by atoms with Crippen LogP contribution in [-0.2, 0) is 13.9 Å². The van der Waals surface area contributed by atoms with Crippen molar-refractivity contribution >= 4 is 13.7 Å². The van der Waals surface area contributed by atoms with Crippen molar-refractivity contribution < 1.29 is 28.8 Å². The summed E-state index contributed by atoms with van der Waals surface area (Å²) in [5.74, 6) is -0.191. The first-order valence-corrected chi connectivity index (χ1v) is 21.5. The maximum absolute atomic E-state index is 12.5. The van der Waals surface area contributed by atoms with Gasteiger partial charge in [0.05, 0.1) is 18.8 Å². The van der Waals surface area contributed by atoms with Crippen molar-refractivity contribution in [2.75, 3.05) is 6.61 Å². The summed E-state index contributed by atoms with van der Waals surface area (Å²) in [6, 6.07) is -0.816. The summed E-state index contributed by atoms with van der Waals surface area (Å²) in [6.45, 7) is 4.10. The standard InChI is InChI=1S/C38H78NO6P/c1-3-5-7-9-11-13-14-15-16-17-18-19-20-21-22-23-24-26-28-30-32-34-38(41)39-36(35-45-46(42,43)44)37(40)33-31-29-27-25-12-10-8-6-4-2/h36-37,40H,3-35H2,1-2H3,(H,39,41)(H2,42,43,44)/t36-,37+/m0/s1. The highest BCUT2D eigenvalue weighted by atomic mass is 31.2. The fourth-order valence-corrected chi connectivity index (χ4v) is 6.64. The normalized spacial score (nSPS) is 13.2. The van der Waals surface area contributed by atoms with E-state index in [4.69, 9.17) is 9.79 Å². The second-order valence-electron chi connectivity index (χ2n) is 14.0. The summed E-state index contributed by atoms with van der Waals surface area (Å²) in [7, 11) is -4.68. The number of hydrogen-bond acceptors (Lipinski definition) is 4. The van der Waals surface area contributed by atoms with E-state index >= 15 is 0 Å². The molecule has 0 aliphatic rings. The number of phosphoric ester groups is 1. The van der Waals surface area contributed by atoms with Crippen molar-refractivity contribution in [3.63, 3.8) is 0 Å². The van der Waals surface area contributed by atoms with Gasteiger partial charge in [-0.15, -0.1) is 0 Å². The van der Waals surface area contributed by atoms with Gasteiger partial charge < -0.3 is 20.2 Å². The molecule has 0 saturated heterocycles. The maximum atomic E-state index is 12.5. The summed E-state index contributed by atoms with van der Waals surface area (Å²) >= 11 is 0. The zero-order chi connectivity index (χ0) is 34.0. The van der Waals surface area contributed by atoms with Gasteiger partial charge in [-0.25, -0.2) is 4.57 Å². The number of aliphatic hydroxyl groups is 1. The van der Waals surface area contributed by atoms with Crippen LogP contribution in [-0.4, -0.2) is 39.6 Å². The third-order valence-electron chi connectivity index (χ3n) is 9.34. The molecule has 46 heavy (non-hydrogen) atoms. The predicted molar refractivity (Wildman–Crippen MR) is 195 cm³/mol. The molecule has 1 amide bonds. The number of unbranched alkanes of at least 4 members (excludes halogenated alkanes) is 28. The number of rotatable bonds is 37. The maximum Gasteiger partial charge on any atom is 0.469 e. The largest absolute Gasteiger partial charge is 0.469 e. The van der Waals surface area contributed by atoms with Crippen molar-refractivity contribution in [1.29, 1.82) is 0 Å². The highest BCUT2D eigenvalue weighted by Gasteiger charge is 2.25. The highest BCUT2D eigenvalue weighted by molar-refractivity contribution is 7.46. The summed E-state index contributed by atoms with van der Waals surface area (Å²) in [4.78, 5) is 30.8. The quantitative estimate of drug-likeness (QED) is 0.0385. The van der Waals surface area contributed by atoms with Crippen LogP contribution in [0, 0.1) is 0 Å². The highest BCUT2D eigenvalue weighted by Crippen LogP contribution is 2.36. The number of nitrogens with one attached hydrogen (secondary N) is 1. The van der Waals surface area contributed by atoms with Gasteiger partial charge >= 0.3 is 7.82 Å². The molecule has 0 fully saturated rings. The van der Waals surface area contributed by atoms with Gasteiger partial charge in [-0.05, 0) is 12.8 Å². The van der Waals surface area contributed by atoms with Crippen LogP contribution in [0.25, 0.3) is 0 Å². The first-order valence-electron chi connectivity index (χ1n) is 20.0. The zero-order valence-corrected chi connectivity index (χ0v) is 31.4. The minimum Gasteiger partial charge on any atom is -0.391 e. The second-order valence-corrected chi connectivity index (χ2v) is 15.2. The molecule has 0 bridgehead atoms. The average Bonchev–Trinajstić information content (AvgIpc) is 3.02. The first-order chi connectivity index (χ1) is 22.3. The zero-order valence-electron chi connectivity index (χ0n) is 30.5. The lowest BCUT2D eigenvalue weighted by Crippen LogP contribution is -2.46. The molecule has 0 saturated carbocycles. The Morgan fingerprint density at radius 2 is 0.848 bits per heavy atom. The Morgan fingerprint density at radius 3 is 1.17 bits per heavy atom. The molecule has 4 N–H and O–H groups in total. The second kappa shape index (κ2) is 34.4. The summed E-state index contributed by atoms with van der Waals surface area (Å²) < 4.78 is 15.9. The van der Waals surface area contributed by atoms with Crippen molar-refractivity contribution in [2.45, 2.75) is 231 Å². The smallest absolute Gasteiger partial charge is 0.391 e. The van der Waals surface area contributed by atoms with Gasteiger partial charge in [-0.1, -0.05) is 200 Å². The fourth-order valence-electron chi connectivity index (χ4n) is 6.29. The van der Waals surface area contributed by atoms with E-state index in [1.165, 1.54) is 154 Å². The van der Waals surface area contributed by atoms with Crippen molar-refractivity contribution in [1.82, 2.24) is 5.32 Å². The Labute approximate surface area is 285 Å². The molecule has 0 aromatic heterocycles. The molecule has 0 spiro atoms. The van der Waals surface area contributed by atoms with Crippen LogP contribution >= 0.6 is 7.82 Å². The number of carbonyl (C=O) groups is 1. The lowest BCUT2D eigenvalue weighted by molar-refractivity contribution is -0.123. The van der Waals surface area contributed by atoms with Gasteiger partial charge in [-0.3, -0.25) is 9.32 Å². The average molecular weight is 676 g/mol. The number of carbonyl (C=O) groups excluding carboxylic acids is 1. The molecular formula is C38H78NO6P. The molecular weight excluding hydrogens is 597 g/mol. The Bertz CT molecular complexity index is 688. The van der Waals surface area contributed by atoms with Crippen molar-refractivity contribution in [3.8, 4) is 0 Å². The van der Waals surface area contributed by atoms with Gasteiger partial charge in [0.1, 0.15) is 0 Å². The fraction of sp³-hybridized carbons (Fsp3) is 0.974. The monoisotopic (exact) mass is 676 g/mol. The van der Waals surface area contributed by atoms with E-state index in [-0.39, 0.29) is 5.91 Å².